The lowest BCUT2D eigenvalue weighted by Crippen LogP contribution is -2.12. The molecule has 1 rings (SSSR count). The lowest BCUT2D eigenvalue weighted by atomic mass is 9.96. The predicted octanol–water partition coefficient (Wildman–Crippen LogP) is 1.24. The molecule has 2 N–H and O–H groups in total. The Hall–Kier alpha value is -1.68. The largest absolute Gasteiger partial charge is 0.479 e. The molecule has 86 valence electrons. The number of aryl methyl sites for hydroxylation is 1. The highest BCUT2D eigenvalue weighted by Gasteiger charge is 2.18. The van der Waals surface area contributed by atoms with Gasteiger partial charge in [0, 0.05) is 6.42 Å². The van der Waals surface area contributed by atoms with Crippen molar-refractivity contribution in [3.63, 3.8) is 0 Å². The van der Waals surface area contributed by atoms with Crippen molar-refractivity contribution in [3.05, 3.63) is 34.9 Å². The molecular formula is C12H14O4. The summed E-state index contributed by atoms with van der Waals surface area (Å²) in [6.45, 7) is 1.75. The Morgan fingerprint density at radius 2 is 2.19 bits per heavy atom. The highest BCUT2D eigenvalue weighted by Crippen LogP contribution is 2.21. The van der Waals surface area contributed by atoms with Crippen molar-refractivity contribution >= 4 is 12.3 Å². The molecule has 0 spiro atoms. The molecule has 0 radical (unpaired) electrons. The van der Waals surface area contributed by atoms with Gasteiger partial charge in [0.05, 0.1) is 0 Å². The molecule has 4 heteroatoms. The lowest BCUT2D eigenvalue weighted by molar-refractivity contribution is -0.147. The van der Waals surface area contributed by atoms with Crippen LogP contribution < -0.4 is 0 Å². The average molecular weight is 222 g/mol. The minimum atomic E-state index is -1.50. The van der Waals surface area contributed by atoms with Crippen molar-refractivity contribution in [1.29, 1.82) is 0 Å². The van der Waals surface area contributed by atoms with Crippen LogP contribution in [0.3, 0.4) is 0 Å². The highest BCUT2D eigenvalue weighted by molar-refractivity contribution is 5.74. The molecule has 0 saturated heterocycles. The first-order chi connectivity index (χ1) is 7.57. The maximum absolute atomic E-state index is 10.7. The number of carbonyl (C=O) groups is 2. The van der Waals surface area contributed by atoms with Gasteiger partial charge in [-0.3, -0.25) is 0 Å². The second-order valence-corrected chi connectivity index (χ2v) is 3.58. The van der Waals surface area contributed by atoms with Gasteiger partial charge in [-0.05, 0) is 30.0 Å². The van der Waals surface area contributed by atoms with E-state index in [-0.39, 0.29) is 0 Å². The van der Waals surface area contributed by atoms with Crippen LogP contribution in [0, 0.1) is 6.92 Å². The van der Waals surface area contributed by atoms with Crippen LogP contribution in [0.2, 0.25) is 0 Å². The maximum Gasteiger partial charge on any atom is 0.337 e. The van der Waals surface area contributed by atoms with Gasteiger partial charge in [0.25, 0.3) is 0 Å². The lowest BCUT2D eigenvalue weighted by Gasteiger charge is -2.12. The molecular weight excluding hydrogens is 208 g/mol. The fourth-order valence-electron chi connectivity index (χ4n) is 1.62. The van der Waals surface area contributed by atoms with E-state index in [0.717, 1.165) is 17.4 Å². The van der Waals surface area contributed by atoms with Crippen LogP contribution in [0.4, 0.5) is 0 Å². The molecule has 0 aliphatic heterocycles. The summed E-state index contributed by atoms with van der Waals surface area (Å²) in [5.41, 5.74) is 2.01. The van der Waals surface area contributed by atoms with E-state index in [0.29, 0.717) is 18.4 Å². The molecule has 0 aliphatic rings. The Kier molecular flexibility index (Phi) is 4.19. The third-order valence-electron chi connectivity index (χ3n) is 2.55. The van der Waals surface area contributed by atoms with E-state index in [2.05, 4.69) is 0 Å². The molecule has 0 saturated carbocycles. The van der Waals surface area contributed by atoms with E-state index in [1.807, 2.05) is 6.07 Å². The summed E-state index contributed by atoms with van der Waals surface area (Å²) in [6.07, 6.45) is 0.277. The first-order valence-electron chi connectivity index (χ1n) is 5.00. The normalized spacial score (nSPS) is 12.1. The summed E-state index contributed by atoms with van der Waals surface area (Å²) >= 11 is 0. The van der Waals surface area contributed by atoms with Gasteiger partial charge in [0.1, 0.15) is 6.29 Å². The van der Waals surface area contributed by atoms with E-state index >= 15 is 0 Å². The monoisotopic (exact) mass is 222 g/mol. The molecule has 16 heavy (non-hydrogen) atoms. The fourth-order valence-corrected chi connectivity index (χ4v) is 1.62. The molecule has 0 amide bonds. The molecule has 0 aliphatic carbocycles. The van der Waals surface area contributed by atoms with Crippen molar-refractivity contribution in [1.82, 2.24) is 0 Å². The molecule has 0 bridgehead atoms. The Bertz CT molecular complexity index is 398. The van der Waals surface area contributed by atoms with Gasteiger partial charge in [-0.2, -0.15) is 0 Å². The number of carboxylic acids is 1. The summed E-state index contributed by atoms with van der Waals surface area (Å²) in [6, 6.07) is 5.10. The van der Waals surface area contributed by atoms with Crippen LogP contribution >= 0.6 is 0 Å². The number of aldehydes is 1. The number of rotatable bonds is 5. The zero-order valence-electron chi connectivity index (χ0n) is 9.01. The highest BCUT2D eigenvalue weighted by atomic mass is 16.4. The number of hydrogen-bond donors (Lipinski definition) is 2. The fraction of sp³-hybridized carbons (Fsp3) is 0.333. The van der Waals surface area contributed by atoms with Crippen LogP contribution in [0.25, 0.3) is 0 Å². The van der Waals surface area contributed by atoms with Crippen LogP contribution in [0.15, 0.2) is 18.2 Å². The molecule has 1 unspecified atom stereocenters. The molecule has 1 aromatic rings. The minimum Gasteiger partial charge on any atom is -0.479 e. The van der Waals surface area contributed by atoms with Crippen LogP contribution in [-0.4, -0.2) is 22.5 Å². The van der Waals surface area contributed by atoms with Gasteiger partial charge in [0.15, 0.2) is 6.10 Å². The maximum atomic E-state index is 10.7. The van der Waals surface area contributed by atoms with Gasteiger partial charge in [-0.15, -0.1) is 0 Å². The Labute approximate surface area is 93.5 Å². The summed E-state index contributed by atoms with van der Waals surface area (Å²) in [5.74, 6) is -1.27. The Balaban J connectivity index is 3.03. The van der Waals surface area contributed by atoms with Crippen molar-refractivity contribution in [2.75, 3.05) is 0 Å². The van der Waals surface area contributed by atoms with Crippen LogP contribution in [-0.2, 0) is 16.0 Å². The number of carbonyl (C=O) groups excluding carboxylic acids is 1. The topological polar surface area (TPSA) is 74.6 Å². The first kappa shape index (κ1) is 12.4. The van der Waals surface area contributed by atoms with E-state index < -0.39 is 12.1 Å². The van der Waals surface area contributed by atoms with Crippen molar-refractivity contribution in [3.8, 4) is 0 Å². The Morgan fingerprint density at radius 1 is 1.50 bits per heavy atom. The molecule has 1 aromatic carbocycles. The van der Waals surface area contributed by atoms with Crippen molar-refractivity contribution in [2.45, 2.75) is 25.9 Å². The third-order valence-corrected chi connectivity index (χ3v) is 2.55. The SMILES string of the molecule is Cc1c(CCC=O)cccc1C(O)C(=O)O. The van der Waals surface area contributed by atoms with Gasteiger partial charge >= 0.3 is 5.97 Å². The molecule has 1 atom stereocenters. The third kappa shape index (κ3) is 2.67. The van der Waals surface area contributed by atoms with Crippen molar-refractivity contribution in [2.24, 2.45) is 0 Å². The number of aliphatic carboxylic acids is 1. The summed E-state index contributed by atoms with van der Waals surface area (Å²) < 4.78 is 0. The van der Waals surface area contributed by atoms with E-state index in [9.17, 15) is 14.7 Å². The van der Waals surface area contributed by atoms with E-state index in [4.69, 9.17) is 5.11 Å². The summed E-state index contributed by atoms with van der Waals surface area (Å²) in [4.78, 5) is 20.9. The molecule has 0 heterocycles. The number of carboxylic acid groups (broad SMARTS) is 1. The summed E-state index contributed by atoms with van der Waals surface area (Å²) in [7, 11) is 0. The minimum absolute atomic E-state index is 0.385. The zero-order chi connectivity index (χ0) is 12.1. The zero-order valence-corrected chi connectivity index (χ0v) is 9.01. The molecule has 0 fully saturated rings. The van der Waals surface area contributed by atoms with Crippen LogP contribution in [0.1, 0.15) is 29.2 Å². The number of hydrogen-bond acceptors (Lipinski definition) is 3. The molecule has 0 aromatic heterocycles. The predicted molar refractivity (Wildman–Crippen MR) is 58.2 cm³/mol. The number of benzene rings is 1. The van der Waals surface area contributed by atoms with Gasteiger partial charge in [-0.25, -0.2) is 4.79 Å². The van der Waals surface area contributed by atoms with E-state index in [1.165, 1.54) is 0 Å². The van der Waals surface area contributed by atoms with E-state index in [1.54, 1.807) is 19.1 Å². The average Bonchev–Trinajstić information content (AvgIpc) is 2.26. The smallest absolute Gasteiger partial charge is 0.337 e. The second-order valence-electron chi connectivity index (χ2n) is 3.58. The van der Waals surface area contributed by atoms with Crippen molar-refractivity contribution < 1.29 is 19.8 Å². The standard InChI is InChI=1S/C12H14O4/c1-8-9(5-3-7-13)4-2-6-10(8)11(14)12(15)16/h2,4,6-7,11,14H,3,5H2,1H3,(H,15,16). The number of aliphatic hydroxyl groups excluding tert-OH is 1. The van der Waals surface area contributed by atoms with Gasteiger partial charge in [0.2, 0.25) is 0 Å². The quantitative estimate of drug-likeness (QED) is 0.735. The second kappa shape index (κ2) is 5.42. The number of aliphatic hydroxyl groups is 1. The van der Waals surface area contributed by atoms with Gasteiger partial charge in [-0.1, -0.05) is 18.2 Å². The van der Waals surface area contributed by atoms with Gasteiger partial charge < -0.3 is 15.0 Å². The Morgan fingerprint density at radius 3 is 2.75 bits per heavy atom. The van der Waals surface area contributed by atoms with Crippen LogP contribution in [0.5, 0.6) is 0 Å². The first-order valence-corrected chi connectivity index (χ1v) is 5.00. The summed E-state index contributed by atoms with van der Waals surface area (Å²) in [5, 5.41) is 18.2. The molecule has 4 nitrogen and oxygen atoms in total.